The molecule has 0 amide bonds. The zero-order chi connectivity index (χ0) is 13.4. The highest BCUT2D eigenvalue weighted by Gasteiger charge is 2.32. The Morgan fingerprint density at radius 3 is 2.28 bits per heavy atom. The Kier molecular flexibility index (Phi) is 5.73. The third-order valence-corrected chi connectivity index (χ3v) is 1.80. The van der Waals surface area contributed by atoms with Crippen LogP contribution in [-0.4, -0.2) is 37.9 Å². The number of para-hydroxylation sites is 2. The molecule has 7 heteroatoms. The number of halogens is 3. The molecule has 18 heavy (non-hydrogen) atoms. The van der Waals surface area contributed by atoms with Crippen molar-refractivity contribution < 1.29 is 32.5 Å². The number of hydrogen-bond donors (Lipinski definition) is 1. The maximum Gasteiger partial charge on any atom is 0.573 e. The molecule has 0 heterocycles. The van der Waals surface area contributed by atoms with Gasteiger partial charge in [-0.25, -0.2) is 0 Å². The summed E-state index contributed by atoms with van der Waals surface area (Å²) in [5, 5.41) is 8.44. The molecule has 0 aliphatic heterocycles. The monoisotopic (exact) mass is 266 g/mol. The van der Waals surface area contributed by atoms with Crippen molar-refractivity contribution in [1.29, 1.82) is 0 Å². The maximum absolute atomic E-state index is 12.1. The minimum Gasteiger partial charge on any atom is -0.487 e. The van der Waals surface area contributed by atoms with Crippen LogP contribution in [0.15, 0.2) is 24.3 Å². The summed E-state index contributed by atoms with van der Waals surface area (Å²) in [4.78, 5) is 0. The summed E-state index contributed by atoms with van der Waals surface area (Å²) >= 11 is 0. The number of ether oxygens (including phenoxy) is 3. The van der Waals surface area contributed by atoms with Gasteiger partial charge >= 0.3 is 6.36 Å². The van der Waals surface area contributed by atoms with E-state index in [1.807, 2.05) is 0 Å². The van der Waals surface area contributed by atoms with Gasteiger partial charge in [-0.05, 0) is 12.1 Å². The van der Waals surface area contributed by atoms with Gasteiger partial charge in [0.25, 0.3) is 0 Å². The summed E-state index contributed by atoms with van der Waals surface area (Å²) in [6.45, 7) is 0.275. The van der Waals surface area contributed by atoms with Crippen molar-refractivity contribution in [2.24, 2.45) is 0 Å². The van der Waals surface area contributed by atoms with Crippen LogP contribution in [0.1, 0.15) is 0 Å². The van der Waals surface area contributed by atoms with E-state index < -0.39 is 12.1 Å². The first kappa shape index (κ1) is 14.6. The third kappa shape index (κ3) is 5.74. The van der Waals surface area contributed by atoms with Gasteiger partial charge in [0, 0.05) is 0 Å². The molecular weight excluding hydrogens is 253 g/mol. The van der Waals surface area contributed by atoms with Gasteiger partial charge in [0.15, 0.2) is 11.5 Å². The molecule has 0 fully saturated rings. The van der Waals surface area contributed by atoms with Gasteiger partial charge in [0.1, 0.15) is 6.61 Å². The van der Waals surface area contributed by atoms with E-state index in [0.717, 1.165) is 6.07 Å². The van der Waals surface area contributed by atoms with E-state index in [9.17, 15) is 13.2 Å². The molecule has 0 spiro atoms. The highest BCUT2D eigenvalue weighted by Crippen LogP contribution is 2.31. The summed E-state index contributed by atoms with van der Waals surface area (Å²) in [7, 11) is 0. The molecule has 0 saturated heterocycles. The smallest absolute Gasteiger partial charge is 0.487 e. The number of aliphatic hydroxyl groups excluding tert-OH is 1. The van der Waals surface area contributed by atoms with Crippen LogP contribution < -0.4 is 9.47 Å². The predicted octanol–water partition coefficient (Wildman–Crippen LogP) is 1.97. The summed E-state index contributed by atoms with van der Waals surface area (Å²) in [5.41, 5.74) is 0. The van der Waals surface area contributed by atoms with Gasteiger partial charge in [-0.2, -0.15) is 0 Å². The lowest BCUT2D eigenvalue weighted by Gasteiger charge is -2.13. The van der Waals surface area contributed by atoms with Gasteiger partial charge in [-0.1, -0.05) is 12.1 Å². The molecule has 1 rings (SSSR count). The first-order chi connectivity index (χ1) is 8.53. The Morgan fingerprint density at radius 2 is 1.67 bits per heavy atom. The zero-order valence-electron chi connectivity index (χ0n) is 9.44. The first-order valence-electron chi connectivity index (χ1n) is 5.19. The van der Waals surface area contributed by atoms with E-state index in [2.05, 4.69) is 4.74 Å². The first-order valence-corrected chi connectivity index (χ1v) is 5.19. The fourth-order valence-electron chi connectivity index (χ4n) is 1.16. The third-order valence-electron chi connectivity index (χ3n) is 1.80. The number of aliphatic hydroxyl groups is 1. The maximum atomic E-state index is 12.1. The quantitative estimate of drug-likeness (QED) is 0.766. The lowest BCUT2D eigenvalue weighted by molar-refractivity contribution is -0.275. The average molecular weight is 266 g/mol. The second-order valence-corrected chi connectivity index (χ2v) is 3.18. The summed E-state index contributed by atoms with van der Waals surface area (Å²) < 4.78 is 50.0. The molecule has 1 N–H and O–H groups in total. The largest absolute Gasteiger partial charge is 0.573 e. The molecule has 4 nitrogen and oxygen atoms in total. The number of alkyl halides is 3. The molecule has 0 radical (unpaired) electrons. The van der Waals surface area contributed by atoms with Gasteiger partial charge in [0.2, 0.25) is 0 Å². The van der Waals surface area contributed by atoms with Crippen LogP contribution in [0.2, 0.25) is 0 Å². The molecular formula is C11H13F3O4. The molecule has 0 bridgehead atoms. The van der Waals surface area contributed by atoms with Crippen molar-refractivity contribution in [3.8, 4) is 11.5 Å². The normalized spacial score (nSPS) is 11.3. The van der Waals surface area contributed by atoms with Crippen molar-refractivity contribution in [3.63, 3.8) is 0 Å². The Morgan fingerprint density at radius 1 is 1.00 bits per heavy atom. The molecule has 1 aromatic rings. The van der Waals surface area contributed by atoms with Gasteiger partial charge in [-0.3, -0.25) is 0 Å². The Bertz CT molecular complexity index is 354. The van der Waals surface area contributed by atoms with Gasteiger partial charge in [-0.15, -0.1) is 13.2 Å². The fraction of sp³-hybridized carbons (Fsp3) is 0.455. The summed E-state index contributed by atoms with van der Waals surface area (Å²) in [6, 6.07) is 5.48. The Hall–Kier alpha value is -1.47. The van der Waals surface area contributed by atoms with E-state index in [0.29, 0.717) is 0 Å². The fourth-order valence-corrected chi connectivity index (χ4v) is 1.16. The molecule has 102 valence electrons. The lowest BCUT2D eigenvalue weighted by atomic mass is 10.3. The van der Waals surface area contributed by atoms with Crippen molar-refractivity contribution >= 4 is 0 Å². The molecule has 1 aromatic carbocycles. The number of benzene rings is 1. The SMILES string of the molecule is OCCOCCOc1ccccc1OC(F)(F)F. The standard InChI is InChI=1S/C11H13F3O4/c12-11(13,14)18-10-4-2-1-3-9(10)17-8-7-16-6-5-15/h1-4,15H,5-8H2. The van der Waals surface area contributed by atoms with Crippen molar-refractivity contribution in [3.05, 3.63) is 24.3 Å². The van der Waals surface area contributed by atoms with Crippen LogP contribution in [0.25, 0.3) is 0 Å². The van der Waals surface area contributed by atoms with E-state index >= 15 is 0 Å². The minimum atomic E-state index is -4.76. The Balaban J connectivity index is 2.49. The lowest BCUT2D eigenvalue weighted by Crippen LogP contribution is -2.18. The van der Waals surface area contributed by atoms with Crippen molar-refractivity contribution in [2.75, 3.05) is 26.4 Å². The van der Waals surface area contributed by atoms with Crippen LogP contribution in [-0.2, 0) is 4.74 Å². The van der Waals surface area contributed by atoms with E-state index in [1.165, 1.54) is 18.2 Å². The predicted molar refractivity (Wildman–Crippen MR) is 56.5 cm³/mol. The topological polar surface area (TPSA) is 47.9 Å². The van der Waals surface area contributed by atoms with Crippen LogP contribution in [0, 0.1) is 0 Å². The average Bonchev–Trinajstić information content (AvgIpc) is 2.29. The van der Waals surface area contributed by atoms with Crippen molar-refractivity contribution in [2.45, 2.75) is 6.36 Å². The van der Waals surface area contributed by atoms with Gasteiger partial charge < -0.3 is 19.3 Å². The van der Waals surface area contributed by atoms with E-state index in [-0.39, 0.29) is 32.2 Å². The second kappa shape index (κ2) is 7.07. The molecule has 0 saturated carbocycles. The zero-order valence-corrected chi connectivity index (χ0v) is 9.44. The molecule has 0 atom stereocenters. The van der Waals surface area contributed by atoms with Crippen LogP contribution >= 0.6 is 0 Å². The second-order valence-electron chi connectivity index (χ2n) is 3.18. The Labute approximate surface area is 102 Å². The number of rotatable bonds is 7. The number of hydrogen-bond acceptors (Lipinski definition) is 4. The summed E-state index contributed by atoms with van der Waals surface area (Å²) in [5.74, 6) is -0.408. The van der Waals surface area contributed by atoms with Crippen LogP contribution in [0.5, 0.6) is 11.5 Å². The van der Waals surface area contributed by atoms with E-state index in [4.69, 9.17) is 14.6 Å². The molecule has 0 aromatic heterocycles. The molecule has 0 aliphatic carbocycles. The summed E-state index contributed by atoms with van der Waals surface area (Å²) in [6.07, 6.45) is -4.76. The highest BCUT2D eigenvalue weighted by atomic mass is 19.4. The van der Waals surface area contributed by atoms with Crippen LogP contribution in [0.3, 0.4) is 0 Å². The molecule has 0 unspecified atom stereocenters. The van der Waals surface area contributed by atoms with Crippen molar-refractivity contribution in [1.82, 2.24) is 0 Å². The molecule has 0 aliphatic rings. The minimum absolute atomic E-state index is 0.0116. The van der Waals surface area contributed by atoms with Gasteiger partial charge in [0.05, 0.1) is 19.8 Å². The van der Waals surface area contributed by atoms with Crippen LogP contribution in [0.4, 0.5) is 13.2 Å². The van der Waals surface area contributed by atoms with E-state index in [1.54, 1.807) is 0 Å². The highest BCUT2D eigenvalue weighted by molar-refractivity contribution is 5.39.